The minimum absolute atomic E-state index is 0.124. The molecule has 0 radical (unpaired) electrons. The highest BCUT2D eigenvalue weighted by molar-refractivity contribution is 6.28. The second-order valence-electron chi connectivity index (χ2n) is 4.19. The van der Waals surface area contributed by atoms with E-state index in [1.807, 2.05) is 0 Å². The number of hydrogen-bond acceptors (Lipinski definition) is 4. The summed E-state index contributed by atoms with van der Waals surface area (Å²) < 4.78 is 4.94. The maximum Gasteiger partial charge on any atom is 0.302 e. The van der Waals surface area contributed by atoms with Crippen LogP contribution in [0.4, 0.5) is 5.69 Å². The lowest BCUT2D eigenvalue weighted by Gasteiger charge is -2.18. The molecule has 19 heavy (non-hydrogen) atoms. The molecule has 0 aliphatic carbocycles. The van der Waals surface area contributed by atoms with Gasteiger partial charge in [0.1, 0.15) is 6.61 Å². The molecule has 0 saturated heterocycles. The maximum atomic E-state index is 11.6. The fourth-order valence-corrected chi connectivity index (χ4v) is 1.89. The molecule has 2 amide bonds. The van der Waals surface area contributed by atoms with Gasteiger partial charge >= 0.3 is 5.97 Å². The summed E-state index contributed by atoms with van der Waals surface area (Å²) in [5.41, 5.74) is 2.03. The molecule has 1 aliphatic heterocycles. The van der Waals surface area contributed by atoms with E-state index in [2.05, 4.69) is 0 Å². The molecule has 2 rings (SSSR count). The molecule has 1 aliphatic rings. The first-order chi connectivity index (χ1) is 9.00. The van der Waals surface area contributed by atoms with Gasteiger partial charge < -0.3 is 4.74 Å². The molecule has 0 fully saturated rings. The van der Waals surface area contributed by atoms with E-state index < -0.39 is 0 Å². The van der Waals surface area contributed by atoms with Gasteiger partial charge in [0.2, 0.25) is 0 Å². The van der Waals surface area contributed by atoms with Crippen molar-refractivity contribution in [3.05, 3.63) is 41.5 Å². The van der Waals surface area contributed by atoms with Crippen molar-refractivity contribution >= 4 is 23.5 Å². The van der Waals surface area contributed by atoms with Crippen LogP contribution in [0.2, 0.25) is 0 Å². The maximum absolute atomic E-state index is 11.6. The summed E-state index contributed by atoms with van der Waals surface area (Å²) >= 11 is 0. The Bertz CT molecular complexity index is 571. The van der Waals surface area contributed by atoms with Crippen molar-refractivity contribution in [2.45, 2.75) is 20.5 Å². The van der Waals surface area contributed by atoms with Gasteiger partial charge in [-0.3, -0.25) is 14.4 Å². The second-order valence-corrected chi connectivity index (χ2v) is 4.19. The minimum Gasteiger partial charge on any atom is -0.461 e. The van der Waals surface area contributed by atoms with Crippen LogP contribution in [0.1, 0.15) is 18.1 Å². The molecule has 0 unspecified atom stereocenters. The largest absolute Gasteiger partial charge is 0.461 e. The predicted molar refractivity (Wildman–Crippen MR) is 68.3 cm³/mol. The molecule has 98 valence electrons. The number of rotatable bonds is 3. The summed E-state index contributed by atoms with van der Waals surface area (Å²) in [4.78, 5) is 35.2. The van der Waals surface area contributed by atoms with E-state index in [4.69, 9.17) is 4.74 Å². The smallest absolute Gasteiger partial charge is 0.302 e. The van der Waals surface area contributed by atoms with Gasteiger partial charge in [-0.1, -0.05) is 12.1 Å². The third kappa shape index (κ3) is 2.54. The van der Waals surface area contributed by atoms with Gasteiger partial charge in [-0.05, 0) is 24.1 Å². The zero-order valence-electron chi connectivity index (χ0n) is 10.7. The van der Waals surface area contributed by atoms with Crippen LogP contribution in [0.15, 0.2) is 30.4 Å². The average Bonchev–Trinajstić information content (AvgIpc) is 2.68. The molecule has 0 spiro atoms. The summed E-state index contributed by atoms with van der Waals surface area (Å²) in [5, 5.41) is 0. The summed E-state index contributed by atoms with van der Waals surface area (Å²) in [6.45, 7) is 3.24. The molecule has 0 saturated carbocycles. The Balaban J connectivity index is 2.32. The van der Waals surface area contributed by atoms with Crippen LogP contribution in [0.3, 0.4) is 0 Å². The van der Waals surface area contributed by atoms with Crippen molar-refractivity contribution in [1.29, 1.82) is 0 Å². The highest BCUT2D eigenvalue weighted by atomic mass is 16.5. The van der Waals surface area contributed by atoms with E-state index in [1.54, 1.807) is 25.1 Å². The normalized spacial score (nSPS) is 14.1. The molecule has 5 nitrogen and oxygen atoms in total. The van der Waals surface area contributed by atoms with Gasteiger partial charge in [-0.15, -0.1) is 0 Å². The SMILES string of the molecule is CC(=O)OCc1cccc(N2C(=O)C=CC2=O)c1C. The Labute approximate surface area is 110 Å². The monoisotopic (exact) mass is 259 g/mol. The molecule has 0 aromatic heterocycles. The van der Waals surface area contributed by atoms with Crippen molar-refractivity contribution in [3.63, 3.8) is 0 Å². The lowest BCUT2D eigenvalue weighted by molar-refractivity contribution is -0.142. The summed E-state index contributed by atoms with van der Waals surface area (Å²) in [7, 11) is 0. The van der Waals surface area contributed by atoms with E-state index in [0.29, 0.717) is 5.69 Å². The van der Waals surface area contributed by atoms with Crippen molar-refractivity contribution in [1.82, 2.24) is 0 Å². The molecular weight excluding hydrogens is 246 g/mol. The van der Waals surface area contributed by atoms with Crippen LogP contribution in [0.5, 0.6) is 0 Å². The number of amides is 2. The number of anilines is 1. The van der Waals surface area contributed by atoms with Crippen LogP contribution in [0, 0.1) is 6.92 Å². The van der Waals surface area contributed by atoms with Crippen molar-refractivity contribution in [2.75, 3.05) is 4.90 Å². The number of benzene rings is 1. The first kappa shape index (κ1) is 13.0. The van der Waals surface area contributed by atoms with E-state index in [1.165, 1.54) is 19.1 Å². The highest BCUT2D eigenvalue weighted by Crippen LogP contribution is 2.26. The van der Waals surface area contributed by atoms with Crippen LogP contribution in [0.25, 0.3) is 0 Å². The third-order valence-electron chi connectivity index (χ3n) is 2.90. The molecule has 5 heteroatoms. The first-order valence-corrected chi connectivity index (χ1v) is 5.78. The standard InChI is InChI=1S/C14H13NO4/c1-9-11(8-19-10(2)16)4-3-5-12(9)15-13(17)6-7-14(15)18/h3-7H,8H2,1-2H3. The fraction of sp³-hybridized carbons (Fsp3) is 0.214. The average molecular weight is 259 g/mol. The zero-order valence-corrected chi connectivity index (χ0v) is 10.7. The van der Waals surface area contributed by atoms with Crippen LogP contribution in [-0.2, 0) is 25.7 Å². The van der Waals surface area contributed by atoms with E-state index >= 15 is 0 Å². The molecule has 1 heterocycles. The number of carbonyl (C=O) groups excluding carboxylic acids is 3. The van der Waals surface area contributed by atoms with Gasteiger partial charge in [0.05, 0.1) is 5.69 Å². The van der Waals surface area contributed by atoms with Crippen molar-refractivity contribution in [3.8, 4) is 0 Å². The Morgan fingerprint density at radius 1 is 1.21 bits per heavy atom. The summed E-state index contributed by atoms with van der Waals surface area (Å²) in [5.74, 6) is -1.10. The highest BCUT2D eigenvalue weighted by Gasteiger charge is 2.26. The number of esters is 1. The molecule has 1 aromatic carbocycles. The molecular formula is C14H13NO4. The Kier molecular flexibility index (Phi) is 3.46. The molecule has 0 bridgehead atoms. The zero-order chi connectivity index (χ0) is 14.0. The predicted octanol–water partition coefficient (Wildman–Crippen LogP) is 1.49. The Morgan fingerprint density at radius 3 is 2.42 bits per heavy atom. The lowest BCUT2D eigenvalue weighted by Crippen LogP contribution is -2.30. The summed E-state index contributed by atoms with van der Waals surface area (Å²) in [6.07, 6.45) is 2.47. The van der Waals surface area contributed by atoms with E-state index in [0.717, 1.165) is 16.0 Å². The minimum atomic E-state index is -0.375. The van der Waals surface area contributed by atoms with Gasteiger partial charge in [-0.2, -0.15) is 0 Å². The first-order valence-electron chi connectivity index (χ1n) is 5.78. The fourth-order valence-electron chi connectivity index (χ4n) is 1.89. The second kappa shape index (κ2) is 5.06. The topological polar surface area (TPSA) is 63.7 Å². The lowest BCUT2D eigenvalue weighted by atomic mass is 10.1. The van der Waals surface area contributed by atoms with Gasteiger partial charge in [0, 0.05) is 19.1 Å². The number of imide groups is 1. The number of hydrogen-bond donors (Lipinski definition) is 0. The van der Waals surface area contributed by atoms with Crippen molar-refractivity contribution < 1.29 is 19.1 Å². The summed E-state index contributed by atoms with van der Waals surface area (Å²) in [6, 6.07) is 5.20. The van der Waals surface area contributed by atoms with Gasteiger partial charge in [-0.25, -0.2) is 4.90 Å². The van der Waals surface area contributed by atoms with Gasteiger partial charge in [0.15, 0.2) is 0 Å². The number of nitrogens with zero attached hydrogens (tertiary/aromatic N) is 1. The number of carbonyl (C=O) groups is 3. The van der Waals surface area contributed by atoms with Crippen LogP contribution < -0.4 is 4.90 Å². The Morgan fingerprint density at radius 2 is 1.84 bits per heavy atom. The Hall–Kier alpha value is -2.43. The van der Waals surface area contributed by atoms with E-state index in [-0.39, 0.29) is 24.4 Å². The van der Waals surface area contributed by atoms with E-state index in [9.17, 15) is 14.4 Å². The molecule has 0 atom stereocenters. The molecule has 0 N–H and O–H groups in total. The number of ether oxygens (including phenoxy) is 1. The van der Waals surface area contributed by atoms with Gasteiger partial charge in [0.25, 0.3) is 11.8 Å². The molecule has 1 aromatic rings. The third-order valence-corrected chi connectivity index (χ3v) is 2.90. The van der Waals surface area contributed by atoms with Crippen LogP contribution >= 0.6 is 0 Å². The van der Waals surface area contributed by atoms with Crippen molar-refractivity contribution in [2.24, 2.45) is 0 Å². The quantitative estimate of drug-likeness (QED) is 0.609. The van der Waals surface area contributed by atoms with Crippen LogP contribution in [-0.4, -0.2) is 17.8 Å².